The molecule has 0 saturated heterocycles. The molecular weight excluding hydrogens is 264 g/mol. The summed E-state index contributed by atoms with van der Waals surface area (Å²) in [4.78, 5) is 4.04. The Hall–Kier alpha value is -1.17. The number of nitrogens with one attached hydrogen (secondary N) is 1. The van der Waals surface area contributed by atoms with Gasteiger partial charge in [-0.1, -0.05) is 6.92 Å². The van der Waals surface area contributed by atoms with Crippen molar-refractivity contribution < 1.29 is 4.74 Å². The van der Waals surface area contributed by atoms with Gasteiger partial charge in [-0.25, -0.2) is 4.98 Å². The van der Waals surface area contributed by atoms with E-state index in [1.807, 2.05) is 12.1 Å². The molecule has 1 aromatic rings. The second kappa shape index (κ2) is 7.20. The summed E-state index contributed by atoms with van der Waals surface area (Å²) in [6, 6.07) is 3.99. The van der Waals surface area contributed by atoms with Crippen molar-refractivity contribution in [2.45, 2.75) is 57.6 Å². The number of hydrogen-bond donors (Lipinski definition) is 3. The fourth-order valence-corrected chi connectivity index (χ4v) is 3.39. The smallest absolute Gasteiger partial charge is 0.123 e. The van der Waals surface area contributed by atoms with Gasteiger partial charge in [0.15, 0.2) is 0 Å². The number of anilines is 1. The number of ether oxygens (including phenoxy) is 1. The topological polar surface area (TPSA) is 86.2 Å². The van der Waals surface area contributed by atoms with E-state index in [2.05, 4.69) is 24.3 Å². The molecule has 0 radical (unpaired) electrons. The fraction of sp³-hybridized carbons (Fsp3) is 0.688. The molecule has 1 aliphatic carbocycles. The number of rotatable bonds is 6. The zero-order valence-corrected chi connectivity index (χ0v) is 13.1. The molecule has 118 valence electrons. The molecule has 5 nitrogen and oxygen atoms in total. The van der Waals surface area contributed by atoms with Crippen LogP contribution in [0.15, 0.2) is 18.3 Å². The summed E-state index contributed by atoms with van der Waals surface area (Å²) in [7, 11) is 0. The van der Waals surface area contributed by atoms with Crippen LogP contribution in [0.3, 0.4) is 0 Å². The van der Waals surface area contributed by atoms with E-state index in [0.717, 1.165) is 30.7 Å². The molecule has 1 saturated carbocycles. The predicted molar refractivity (Wildman–Crippen MR) is 85.5 cm³/mol. The molecule has 2 rings (SSSR count). The number of pyridine rings is 1. The van der Waals surface area contributed by atoms with Crippen LogP contribution in [-0.2, 0) is 11.2 Å². The van der Waals surface area contributed by atoms with Gasteiger partial charge in [0.1, 0.15) is 5.82 Å². The number of nitrogen functional groups attached to an aromatic ring is 1. The fourth-order valence-electron chi connectivity index (χ4n) is 3.39. The minimum atomic E-state index is -0.173. The van der Waals surface area contributed by atoms with Crippen LogP contribution in [0.2, 0.25) is 0 Å². The molecular formula is C16H28N4O. The third kappa shape index (κ3) is 3.93. The van der Waals surface area contributed by atoms with Crippen molar-refractivity contribution in [1.29, 1.82) is 0 Å². The number of aromatic nitrogens is 1. The highest BCUT2D eigenvalue weighted by molar-refractivity contribution is 5.32. The Morgan fingerprint density at radius 2 is 2.19 bits per heavy atom. The highest BCUT2D eigenvalue weighted by Crippen LogP contribution is 2.38. The first kappa shape index (κ1) is 16.2. The van der Waals surface area contributed by atoms with Crippen LogP contribution in [0, 0.1) is 5.92 Å². The Morgan fingerprint density at radius 1 is 1.48 bits per heavy atom. The van der Waals surface area contributed by atoms with Crippen molar-refractivity contribution in [3.63, 3.8) is 0 Å². The van der Waals surface area contributed by atoms with Crippen molar-refractivity contribution in [2.75, 3.05) is 12.3 Å². The molecule has 0 amide bonds. The summed E-state index contributed by atoms with van der Waals surface area (Å²) in [5.41, 5.74) is 9.73. The summed E-state index contributed by atoms with van der Waals surface area (Å²) in [5, 5.41) is 0. The van der Waals surface area contributed by atoms with E-state index in [0.29, 0.717) is 12.4 Å². The average molecular weight is 292 g/mol. The highest BCUT2D eigenvalue weighted by atomic mass is 16.5. The van der Waals surface area contributed by atoms with E-state index in [1.54, 1.807) is 6.20 Å². The summed E-state index contributed by atoms with van der Waals surface area (Å²) >= 11 is 0. The van der Waals surface area contributed by atoms with Gasteiger partial charge in [-0.15, -0.1) is 0 Å². The van der Waals surface area contributed by atoms with Crippen molar-refractivity contribution in [3.8, 4) is 0 Å². The van der Waals surface area contributed by atoms with Crippen molar-refractivity contribution in [1.82, 2.24) is 10.4 Å². The zero-order valence-electron chi connectivity index (χ0n) is 13.1. The van der Waals surface area contributed by atoms with Crippen LogP contribution in [0.25, 0.3) is 0 Å². The van der Waals surface area contributed by atoms with E-state index >= 15 is 0 Å². The van der Waals surface area contributed by atoms with E-state index in [-0.39, 0.29) is 11.6 Å². The maximum Gasteiger partial charge on any atom is 0.123 e. The van der Waals surface area contributed by atoms with E-state index < -0.39 is 0 Å². The van der Waals surface area contributed by atoms with Crippen LogP contribution in [0.5, 0.6) is 0 Å². The van der Waals surface area contributed by atoms with Gasteiger partial charge in [0, 0.05) is 12.8 Å². The molecule has 1 aliphatic rings. The number of hydrogen-bond acceptors (Lipinski definition) is 5. The molecule has 5 N–H and O–H groups in total. The molecule has 1 aromatic heterocycles. The zero-order chi connectivity index (χ0) is 15.3. The lowest BCUT2D eigenvalue weighted by molar-refractivity contribution is -0.0961. The Balaban J connectivity index is 2.15. The molecule has 1 unspecified atom stereocenters. The van der Waals surface area contributed by atoms with Crippen molar-refractivity contribution in [3.05, 3.63) is 23.9 Å². The first-order valence-electron chi connectivity index (χ1n) is 7.90. The molecule has 0 spiro atoms. The predicted octanol–water partition coefficient (Wildman–Crippen LogP) is 2.02. The summed E-state index contributed by atoms with van der Waals surface area (Å²) in [6.07, 6.45) is 7.04. The van der Waals surface area contributed by atoms with Crippen LogP contribution in [0.1, 0.15) is 45.1 Å². The van der Waals surface area contributed by atoms with Gasteiger partial charge in [0.25, 0.3) is 0 Å². The van der Waals surface area contributed by atoms with Gasteiger partial charge in [-0.3, -0.25) is 11.3 Å². The monoisotopic (exact) mass is 292 g/mol. The number of hydrazine groups is 1. The second-order valence-electron chi connectivity index (χ2n) is 6.19. The van der Waals surface area contributed by atoms with Gasteiger partial charge >= 0.3 is 0 Å². The van der Waals surface area contributed by atoms with E-state index in [9.17, 15) is 0 Å². The van der Waals surface area contributed by atoms with Crippen LogP contribution >= 0.6 is 0 Å². The molecule has 1 atom stereocenters. The summed E-state index contributed by atoms with van der Waals surface area (Å²) < 4.78 is 6.18. The van der Waals surface area contributed by atoms with Crippen molar-refractivity contribution >= 4 is 5.82 Å². The normalized spacial score (nSPS) is 27.5. The Kier molecular flexibility index (Phi) is 5.56. The first-order chi connectivity index (χ1) is 10.1. The number of nitrogens with two attached hydrogens (primary N) is 2. The Bertz CT molecular complexity index is 444. The lowest BCUT2D eigenvalue weighted by Crippen LogP contribution is -2.57. The maximum absolute atomic E-state index is 6.18. The molecule has 21 heavy (non-hydrogen) atoms. The standard InChI is InChI=1S/C16H28N4O/c1-3-21-16(7-4-12(2)5-8-16)14(20-18)10-13-6-9-19-15(17)11-13/h6,9,11-12,14,20H,3-5,7-8,10,18H2,1-2H3,(H2,17,19). The Morgan fingerprint density at radius 3 is 2.76 bits per heavy atom. The van der Waals surface area contributed by atoms with Crippen molar-refractivity contribution in [2.24, 2.45) is 11.8 Å². The van der Waals surface area contributed by atoms with Crippen LogP contribution in [0.4, 0.5) is 5.82 Å². The van der Waals surface area contributed by atoms with Gasteiger partial charge < -0.3 is 10.5 Å². The molecule has 0 aromatic carbocycles. The minimum Gasteiger partial charge on any atom is -0.384 e. The largest absolute Gasteiger partial charge is 0.384 e. The van der Waals surface area contributed by atoms with Crippen LogP contribution < -0.4 is 17.0 Å². The summed E-state index contributed by atoms with van der Waals surface area (Å²) in [6.45, 7) is 5.08. The van der Waals surface area contributed by atoms with E-state index in [1.165, 1.54) is 12.8 Å². The maximum atomic E-state index is 6.18. The molecule has 1 fully saturated rings. The SMILES string of the molecule is CCOC1(C(Cc2ccnc(N)c2)NN)CCC(C)CC1. The molecule has 0 bridgehead atoms. The lowest BCUT2D eigenvalue weighted by Gasteiger charge is -2.44. The van der Waals surface area contributed by atoms with Gasteiger partial charge in [0.2, 0.25) is 0 Å². The quantitative estimate of drug-likeness (QED) is 0.551. The molecule has 0 aliphatic heterocycles. The molecule has 5 heteroatoms. The van der Waals surface area contributed by atoms with Gasteiger partial charge in [0.05, 0.1) is 11.6 Å². The third-order valence-corrected chi connectivity index (χ3v) is 4.67. The average Bonchev–Trinajstić information content (AvgIpc) is 2.48. The molecule has 1 heterocycles. The van der Waals surface area contributed by atoms with Crippen LogP contribution in [-0.4, -0.2) is 23.2 Å². The first-order valence-corrected chi connectivity index (χ1v) is 7.90. The summed E-state index contributed by atoms with van der Waals surface area (Å²) in [5.74, 6) is 7.18. The minimum absolute atomic E-state index is 0.0896. The Labute approximate surface area is 127 Å². The van der Waals surface area contributed by atoms with Gasteiger partial charge in [-0.05, 0) is 62.6 Å². The van der Waals surface area contributed by atoms with E-state index in [4.69, 9.17) is 16.3 Å². The second-order valence-corrected chi connectivity index (χ2v) is 6.19. The van der Waals surface area contributed by atoms with Gasteiger partial charge in [-0.2, -0.15) is 0 Å². The highest BCUT2D eigenvalue weighted by Gasteiger charge is 2.41. The number of nitrogens with zero attached hydrogens (tertiary/aromatic N) is 1. The third-order valence-electron chi connectivity index (χ3n) is 4.67. The lowest BCUT2D eigenvalue weighted by atomic mass is 9.74.